The number of benzene rings is 1. The van der Waals surface area contributed by atoms with Crippen molar-refractivity contribution in [2.75, 3.05) is 7.11 Å². The Hall–Kier alpha value is -1.33. The van der Waals surface area contributed by atoms with Gasteiger partial charge in [0.05, 0.1) is 10.7 Å². The molecule has 27 heavy (non-hydrogen) atoms. The minimum atomic E-state index is -6.62. The predicted octanol–water partition coefficient (Wildman–Crippen LogP) is 3.58. The minimum Gasteiger partial charge on any atom is -0.477 e. The van der Waals surface area contributed by atoms with Gasteiger partial charge in [-0.25, -0.2) is 14.4 Å². The van der Waals surface area contributed by atoms with E-state index in [0.717, 1.165) is 13.2 Å². The van der Waals surface area contributed by atoms with Gasteiger partial charge in [0.1, 0.15) is 5.56 Å². The van der Waals surface area contributed by atoms with Crippen molar-refractivity contribution in [2.24, 2.45) is 0 Å². The van der Waals surface area contributed by atoms with Crippen molar-refractivity contribution < 1.29 is 55.3 Å². The topological polar surface area (TPSA) is 89.9 Å². The Morgan fingerprint density at radius 2 is 1.52 bits per heavy atom. The molecule has 1 rings (SSSR count). The zero-order chi connectivity index (χ0) is 21.4. The molecule has 1 N–H and O–H groups in total. The fourth-order valence-corrected chi connectivity index (χ4v) is 3.50. The Balaban J connectivity index is 3.41. The largest absolute Gasteiger partial charge is 0.477 e. The second-order valence-electron chi connectivity index (χ2n) is 4.67. The van der Waals surface area contributed by atoms with E-state index in [4.69, 9.17) is 5.11 Å². The van der Waals surface area contributed by atoms with Gasteiger partial charge in [0, 0.05) is 3.57 Å². The molecule has 0 bridgehead atoms. The Labute approximate surface area is 173 Å². The van der Waals surface area contributed by atoms with Crippen LogP contribution in [-0.4, -0.2) is 47.9 Å². The molecule has 1 aromatic rings. The number of hydrogen-bond acceptors (Lipinski definition) is 5. The molecule has 150 valence electrons. The lowest BCUT2D eigenvalue weighted by Gasteiger charge is -2.28. The number of carboxylic acids is 1. The number of alkyl halides is 6. The quantitative estimate of drug-likeness (QED) is 0.225. The summed E-state index contributed by atoms with van der Waals surface area (Å²) in [6.07, 6.45) is 0. The fraction of sp³-hybridized carbons (Fsp3) is 0.308. The summed E-state index contributed by atoms with van der Waals surface area (Å²) in [5.74, 6) is -28.0. The van der Waals surface area contributed by atoms with Crippen LogP contribution in [0.15, 0.2) is 12.1 Å². The maximum Gasteiger partial charge on any atom is 0.411 e. The van der Waals surface area contributed by atoms with Gasteiger partial charge in [-0.3, -0.25) is 0 Å². The molecular weight excluding hydrogens is 620 g/mol. The summed E-state index contributed by atoms with van der Waals surface area (Å²) in [6.45, 7) is 0. The van der Waals surface area contributed by atoms with E-state index >= 15 is 0 Å². The Kier molecular flexibility index (Phi) is 6.99. The van der Waals surface area contributed by atoms with Crippen LogP contribution < -0.4 is 4.74 Å². The van der Waals surface area contributed by atoms with Crippen molar-refractivity contribution in [1.82, 2.24) is 0 Å². The summed E-state index contributed by atoms with van der Waals surface area (Å²) in [6, 6.07) is 2.19. The first-order valence-corrected chi connectivity index (χ1v) is 8.43. The van der Waals surface area contributed by atoms with Crippen LogP contribution in [0.25, 0.3) is 0 Å². The third-order valence-electron chi connectivity index (χ3n) is 2.92. The van der Waals surface area contributed by atoms with Crippen LogP contribution in [0.1, 0.15) is 10.4 Å². The van der Waals surface area contributed by atoms with Gasteiger partial charge in [0.15, 0.2) is 5.75 Å². The summed E-state index contributed by atoms with van der Waals surface area (Å²) < 4.78 is 88.7. The molecule has 0 unspecified atom stereocenters. The summed E-state index contributed by atoms with van der Waals surface area (Å²) in [4.78, 5) is 33.4. The monoisotopic (exact) mass is 626 g/mol. The molecule has 6 nitrogen and oxygen atoms in total. The van der Waals surface area contributed by atoms with Crippen molar-refractivity contribution in [2.45, 2.75) is 17.8 Å². The maximum absolute atomic E-state index is 13.7. The van der Waals surface area contributed by atoms with Gasteiger partial charge in [-0.15, -0.1) is 0 Å². The first kappa shape index (κ1) is 23.7. The van der Waals surface area contributed by atoms with Gasteiger partial charge in [-0.05, 0) is 57.3 Å². The number of carbonyl (C=O) groups is 3. The second kappa shape index (κ2) is 7.96. The minimum absolute atomic E-state index is 0.183. The van der Waals surface area contributed by atoms with Gasteiger partial charge < -0.3 is 14.6 Å². The van der Waals surface area contributed by atoms with Crippen molar-refractivity contribution in [3.63, 3.8) is 0 Å². The molecule has 0 spiro atoms. The molecule has 1 aromatic carbocycles. The smallest absolute Gasteiger partial charge is 0.411 e. The summed E-state index contributed by atoms with van der Waals surface area (Å²) >= 11 is 3.10. The van der Waals surface area contributed by atoms with E-state index in [1.54, 1.807) is 22.6 Å². The van der Waals surface area contributed by atoms with Gasteiger partial charge in [-0.2, -0.15) is 26.3 Å². The van der Waals surface area contributed by atoms with E-state index in [-0.39, 0.29) is 3.57 Å². The molecule has 0 fully saturated rings. The van der Waals surface area contributed by atoms with Crippen molar-refractivity contribution >= 4 is 63.1 Å². The molecule has 0 amide bonds. The highest BCUT2D eigenvalue weighted by Crippen LogP contribution is 2.47. The van der Waals surface area contributed by atoms with E-state index in [0.29, 0.717) is 3.57 Å². The molecule has 0 aliphatic carbocycles. The van der Waals surface area contributed by atoms with Crippen LogP contribution in [0.4, 0.5) is 26.3 Å². The number of carbonyl (C=O) groups excluding carboxylic acids is 2. The molecule has 0 atom stereocenters. The zero-order valence-corrected chi connectivity index (χ0v) is 17.0. The van der Waals surface area contributed by atoms with Crippen molar-refractivity contribution in [3.8, 4) is 5.75 Å². The first-order valence-electron chi connectivity index (χ1n) is 6.27. The molecule has 0 saturated heterocycles. The van der Waals surface area contributed by atoms with E-state index in [2.05, 4.69) is 9.47 Å². The molecule has 0 aliphatic rings. The van der Waals surface area contributed by atoms with E-state index in [1.165, 1.54) is 28.7 Å². The number of aliphatic carboxylic acids is 1. The number of esters is 2. The van der Waals surface area contributed by atoms with Crippen LogP contribution in [0, 0.1) is 7.14 Å². The lowest BCUT2D eigenvalue weighted by Crippen LogP contribution is -2.61. The molecule has 0 radical (unpaired) electrons. The number of hydrogen-bond donors (Lipinski definition) is 1. The number of ether oxygens (including phenoxy) is 2. The molecule has 0 aromatic heterocycles. The lowest BCUT2D eigenvalue weighted by molar-refractivity contribution is -0.297. The zero-order valence-electron chi connectivity index (χ0n) is 12.7. The Morgan fingerprint density at radius 1 is 1.00 bits per heavy atom. The summed E-state index contributed by atoms with van der Waals surface area (Å²) in [5, 5.41) is 8.06. The van der Waals surface area contributed by atoms with Gasteiger partial charge in [0.2, 0.25) is 0 Å². The number of carboxylic acid groups (broad SMARTS) is 1. The molecule has 0 heterocycles. The van der Waals surface area contributed by atoms with Crippen LogP contribution in [0.5, 0.6) is 5.75 Å². The second-order valence-corrected chi connectivity index (χ2v) is 7.08. The van der Waals surface area contributed by atoms with Crippen molar-refractivity contribution in [3.05, 3.63) is 24.8 Å². The summed E-state index contributed by atoms with van der Waals surface area (Å²) in [5.41, 5.74) is -0.619. The fourth-order valence-electron chi connectivity index (χ4n) is 1.54. The highest BCUT2D eigenvalue weighted by atomic mass is 127. The standard InChI is InChI=1S/C13H6F6I2O6/c1-26-8(22)5-2-4(20)3-6(21)7(5)27-10(25)12(16,17)13(18,19)11(14,15)9(23)24/h2-3H,1H3,(H,23,24). The summed E-state index contributed by atoms with van der Waals surface area (Å²) in [7, 11) is 0.886. The third kappa shape index (κ3) is 4.24. The Bertz CT molecular complexity index is 798. The molecule has 0 saturated carbocycles. The molecule has 0 aliphatic heterocycles. The molecular formula is C13H6F6I2O6. The van der Waals surface area contributed by atoms with E-state index in [1.807, 2.05) is 0 Å². The van der Waals surface area contributed by atoms with Crippen LogP contribution >= 0.6 is 45.2 Å². The van der Waals surface area contributed by atoms with E-state index in [9.17, 15) is 40.7 Å². The highest BCUT2D eigenvalue weighted by molar-refractivity contribution is 14.1. The number of methoxy groups -OCH3 is 1. The van der Waals surface area contributed by atoms with Gasteiger partial charge >= 0.3 is 35.7 Å². The Morgan fingerprint density at radius 3 is 1.96 bits per heavy atom. The van der Waals surface area contributed by atoms with E-state index < -0.39 is 47.0 Å². The van der Waals surface area contributed by atoms with Crippen molar-refractivity contribution in [1.29, 1.82) is 0 Å². The normalized spacial score (nSPS) is 12.5. The number of rotatable bonds is 6. The van der Waals surface area contributed by atoms with Gasteiger partial charge in [-0.1, -0.05) is 0 Å². The van der Waals surface area contributed by atoms with Crippen LogP contribution in [0.3, 0.4) is 0 Å². The predicted molar refractivity (Wildman–Crippen MR) is 91.3 cm³/mol. The SMILES string of the molecule is COC(=O)c1cc(I)cc(I)c1OC(=O)C(F)(F)C(F)(F)C(F)(F)C(=O)O. The van der Waals surface area contributed by atoms with Gasteiger partial charge in [0.25, 0.3) is 0 Å². The first-order chi connectivity index (χ1) is 12.1. The molecule has 14 heteroatoms. The average molecular weight is 626 g/mol. The third-order valence-corrected chi connectivity index (χ3v) is 4.35. The van der Waals surface area contributed by atoms with Crippen LogP contribution in [-0.2, 0) is 14.3 Å². The highest BCUT2D eigenvalue weighted by Gasteiger charge is 2.79. The number of halogens is 8. The average Bonchev–Trinajstić information content (AvgIpc) is 2.55. The van der Waals surface area contributed by atoms with Crippen LogP contribution in [0.2, 0.25) is 0 Å². The lowest BCUT2D eigenvalue weighted by atomic mass is 10.0. The maximum atomic E-state index is 13.7.